The summed E-state index contributed by atoms with van der Waals surface area (Å²) in [4.78, 5) is 22.3. The molecule has 4 aromatic rings. The van der Waals surface area contributed by atoms with Crippen molar-refractivity contribution in [2.75, 3.05) is 11.9 Å². The highest BCUT2D eigenvalue weighted by Crippen LogP contribution is 2.41. The maximum atomic E-state index is 13.3. The highest BCUT2D eigenvalue weighted by atomic mass is 16.5. The molecule has 1 saturated carbocycles. The number of aromatic nitrogens is 5. The fourth-order valence-corrected chi connectivity index (χ4v) is 4.24. The normalized spacial score (nSPS) is 19.2. The van der Waals surface area contributed by atoms with E-state index in [0.717, 1.165) is 29.8 Å². The van der Waals surface area contributed by atoms with Crippen LogP contribution >= 0.6 is 0 Å². The standard InChI is InChI=1S/C25H22N6O2/c1-15-5-6-17(11-26-15)16-7-8-22-20(10-16)25(32)29-23-4-2-3-21(28-23)24-30-27-14-31(24)12-18-9-19(18)13-33-22/h2-8,10-11,14,18-19H,9,12-13H2,1H3,(H,28,29,32)/t18-,19+/m1/s1. The maximum absolute atomic E-state index is 13.3. The molecular weight excluding hydrogens is 416 g/mol. The van der Waals surface area contributed by atoms with Crippen LogP contribution in [0.15, 0.2) is 61.1 Å². The molecule has 0 saturated heterocycles. The minimum atomic E-state index is -0.276. The van der Waals surface area contributed by atoms with Crippen LogP contribution in [0.3, 0.4) is 0 Å². The van der Waals surface area contributed by atoms with Crippen molar-refractivity contribution in [3.05, 3.63) is 72.3 Å². The van der Waals surface area contributed by atoms with Crippen LogP contribution in [-0.2, 0) is 6.54 Å². The maximum Gasteiger partial charge on any atom is 0.260 e. The van der Waals surface area contributed by atoms with Crippen LogP contribution in [0.1, 0.15) is 22.5 Å². The first kappa shape index (κ1) is 19.6. The van der Waals surface area contributed by atoms with Gasteiger partial charge in [-0.25, -0.2) is 4.98 Å². The van der Waals surface area contributed by atoms with E-state index in [2.05, 4.69) is 25.5 Å². The van der Waals surface area contributed by atoms with E-state index in [1.807, 2.05) is 60.2 Å². The molecule has 2 bridgehead atoms. The Morgan fingerprint density at radius 2 is 2.00 bits per heavy atom. The zero-order chi connectivity index (χ0) is 22.4. The molecule has 4 heterocycles. The van der Waals surface area contributed by atoms with Gasteiger partial charge in [-0.05, 0) is 61.1 Å². The number of carbonyl (C=O) groups is 1. The molecule has 1 aliphatic carbocycles. The number of anilines is 1. The monoisotopic (exact) mass is 438 g/mol. The average Bonchev–Trinajstić information content (AvgIpc) is 3.40. The molecule has 1 fully saturated rings. The van der Waals surface area contributed by atoms with Crippen LogP contribution in [0.4, 0.5) is 5.82 Å². The summed E-state index contributed by atoms with van der Waals surface area (Å²) in [6, 6.07) is 15.2. The Bertz CT molecular complexity index is 1350. The SMILES string of the molecule is Cc1ccc(-c2ccc3c(c2)C(=O)Nc2cccc(n2)-c2nncn2C[C@H]2C[C@H]2CO3)cn1. The van der Waals surface area contributed by atoms with Crippen molar-refractivity contribution in [2.45, 2.75) is 19.9 Å². The van der Waals surface area contributed by atoms with Crippen LogP contribution in [-0.4, -0.2) is 37.2 Å². The summed E-state index contributed by atoms with van der Waals surface area (Å²) >= 11 is 0. The Kier molecular flexibility index (Phi) is 4.64. The molecule has 8 nitrogen and oxygen atoms in total. The number of ether oxygens (including phenoxy) is 1. The predicted octanol–water partition coefficient (Wildman–Crippen LogP) is 3.99. The summed E-state index contributed by atoms with van der Waals surface area (Å²) in [7, 11) is 0. The summed E-state index contributed by atoms with van der Waals surface area (Å²) in [6.45, 7) is 3.33. The van der Waals surface area contributed by atoms with Crippen LogP contribution in [0, 0.1) is 18.8 Å². The first-order valence-electron chi connectivity index (χ1n) is 11.0. The van der Waals surface area contributed by atoms with E-state index in [-0.39, 0.29) is 5.91 Å². The number of hydrogen-bond acceptors (Lipinski definition) is 6. The Hall–Kier alpha value is -4.07. The minimum Gasteiger partial charge on any atom is -0.492 e. The third-order valence-corrected chi connectivity index (χ3v) is 6.26. The second-order valence-corrected chi connectivity index (χ2v) is 8.64. The number of rotatable bonds is 1. The number of nitrogens with zero attached hydrogens (tertiary/aromatic N) is 5. The number of amides is 1. The molecule has 6 rings (SSSR count). The fraction of sp³-hybridized carbons (Fsp3) is 0.240. The first-order valence-corrected chi connectivity index (χ1v) is 11.0. The second kappa shape index (κ2) is 7.81. The van der Waals surface area contributed by atoms with Gasteiger partial charge in [-0.15, -0.1) is 10.2 Å². The molecule has 0 unspecified atom stereocenters. The van der Waals surface area contributed by atoms with Gasteiger partial charge in [0.1, 0.15) is 23.6 Å². The topological polar surface area (TPSA) is 94.8 Å². The number of aryl methyl sites for hydroxylation is 1. The molecule has 1 amide bonds. The first-order chi connectivity index (χ1) is 16.1. The highest BCUT2D eigenvalue weighted by molar-refractivity contribution is 6.06. The summed E-state index contributed by atoms with van der Waals surface area (Å²) in [5.41, 5.74) is 3.93. The van der Waals surface area contributed by atoms with E-state index in [4.69, 9.17) is 4.74 Å². The lowest BCUT2D eigenvalue weighted by Gasteiger charge is -2.15. The van der Waals surface area contributed by atoms with Gasteiger partial charge in [-0.2, -0.15) is 0 Å². The molecule has 1 aromatic carbocycles. The predicted molar refractivity (Wildman–Crippen MR) is 123 cm³/mol. The van der Waals surface area contributed by atoms with Crippen molar-refractivity contribution in [3.63, 3.8) is 0 Å². The molecule has 2 aliphatic rings. The molecule has 33 heavy (non-hydrogen) atoms. The Balaban J connectivity index is 1.40. The number of hydrogen-bond donors (Lipinski definition) is 1. The lowest BCUT2D eigenvalue weighted by Crippen LogP contribution is -2.16. The van der Waals surface area contributed by atoms with Crippen molar-refractivity contribution in [1.82, 2.24) is 24.7 Å². The Morgan fingerprint density at radius 1 is 1.09 bits per heavy atom. The average molecular weight is 438 g/mol. The fourth-order valence-electron chi connectivity index (χ4n) is 4.24. The van der Waals surface area contributed by atoms with Gasteiger partial charge in [0.25, 0.3) is 5.91 Å². The van der Waals surface area contributed by atoms with E-state index in [0.29, 0.717) is 47.1 Å². The van der Waals surface area contributed by atoms with Crippen molar-refractivity contribution >= 4 is 11.7 Å². The number of benzene rings is 1. The summed E-state index contributed by atoms with van der Waals surface area (Å²) in [6.07, 6.45) is 4.62. The smallest absolute Gasteiger partial charge is 0.260 e. The van der Waals surface area contributed by atoms with Crippen molar-refractivity contribution in [3.8, 4) is 28.4 Å². The second-order valence-electron chi connectivity index (χ2n) is 8.64. The summed E-state index contributed by atoms with van der Waals surface area (Å²) in [5.74, 6) is 2.36. The summed E-state index contributed by atoms with van der Waals surface area (Å²) < 4.78 is 8.18. The quantitative estimate of drug-likeness (QED) is 0.483. The number of carbonyl (C=O) groups excluding carboxylic acids is 1. The molecule has 0 radical (unpaired) electrons. The van der Waals surface area contributed by atoms with Crippen molar-refractivity contribution in [1.29, 1.82) is 0 Å². The van der Waals surface area contributed by atoms with E-state index in [1.165, 1.54) is 0 Å². The molecular formula is C25H22N6O2. The van der Waals surface area contributed by atoms with Crippen LogP contribution in [0.5, 0.6) is 5.75 Å². The van der Waals surface area contributed by atoms with Crippen molar-refractivity contribution < 1.29 is 9.53 Å². The van der Waals surface area contributed by atoms with Crippen molar-refractivity contribution in [2.24, 2.45) is 11.8 Å². The summed E-state index contributed by atoms with van der Waals surface area (Å²) in [5, 5.41) is 11.3. The number of pyridine rings is 2. The lowest BCUT2D eigenvalue weighted by molar-refractivity contribution is 0.102. The van der Waals surface area contributed by atoms with E-state index < -0.39 is 0 Å². The van der Waals surface area contributed by atoms with E-state index in [9.17, 15) is 4.79 Å². The zero-order valence-corrected chi connectivity index (χ0v) is 18.1. The van der Waals surface area contributed by atoms with Gasteiger partial charge in [-0.3, -0.25) is 9.78 Å². The molecule has 1 aliphatic heterocycles. The molecule has 8 heteroatoms. The minimum absolute atomic E-state index is 0.276. The van der Waals surface area contributed by atoms with Crippen LogP contribution in [0.25, 0.3) is 22.6 Å². The lowest BCUT2D eigenvalue weighted by atomic mass is 10.0. The number of fused-ring (bicyclic) bond motifs is 6. The van der Waals surface area contributed by atoms with E-state index in [1.54, 1.807) is 12.4 Å². The largest absolute Gasteiger partial charge is 0.492 e. The van der Waals surface area contributed by atoms with Gasteiger partial charge < -0.3 is 14.6 Å². The molecule has 0 spiro atoms. The molecule has 3 aromatic heterocycles. The highest BCUT2D eigenvalue weighted by Gasteiger charge is 2.38. The molecule has 164 valence electrons. The third-order valence-electron chi connectivity index (χ3n) is 6.26. The van der Waals surface area contributed by atoms with E-state index >= 15 is 0 Å². The zero-order valence-electron chi connectivity index (χ0n) is 18.1. The third kappa shape index (κ3) is 3.84. The Labute approximate surface area is 190 Å². The molecule has 1 N–H and O–H groups in total. The van der Waals surface area contributed by atoms with Gasteiger partial charge in [0.2, 0.25) is 0 Å². The van der Waals surface area contributed by atoms with Gasteiger partial charge in [-0.1, -0.05) is 18.2 Å². The van der Waals surface area contributed by atoms with Crippen LogP contribution in [0.2, 0.25) is 0 Å². The van der Waals surface area contributed by atoms with Gasteiger partial charge in [0.05, 0.1) is 12.2 Å². The number of nitrogens with one attached hydrogen (secondary N) is 1. The Morgan fingerprint density at radius 3 is 2.88 bits per heavy atom. The van der Waals surface area contributed by atoms with Crippen LogP contribution < -0.4 is 10.1 Å². The van der Waals surface area contributed by atoms with Gasteiger partial charge in [0, 0.05) is 24.0 Å². The van der Waals surface area contributed by atoms with Gasteiger partial charge in [0.15, 0.2) is 5.82 Å². The van der Waals surface area contributed by atoms with Gasteiger partial charge >= 0.3 is 0 Å². The molecule has 2 atom stereocenters.